The average molecular weight is 201 g/mol. The van der Waals surface area contributed by atoms with Crippen molar-refractivity contribution in [2.45, 2.75) is 58.6 Å². The molecule has 0 aromatic carbocycles. The minimum atomic E-state index is 0.00414. The Labute approximate surface area is 89.4 Å². The maximum atomic E-state index is 5.75. The van der Waals surface area contributed by atoms with E-state index in [1.807, 2.05) is 14.2 Å². The highest BCUT2D eigenvalue weighted by molar-refractivity contribution is 4.93. The third-order valence-electron chi connectivity index (χ3n) is 3.69. The van der Waals surface area contributed by atoms with Crippen molar-refractivity contribution in [3.05, 3.63) is 0 Å². The molecule has 0 aliphatic heterocycles. The van der Waals surface area contributed by atoms with Crippen LogP contribution < -0.4 is 5.32 Å². The SMILES string of the molecule is CCC(C)C(NC)C(CC)(CC)OC. The van der Waals surface area contributed by atoms with E-state index < -0.39 is 0 Å². The molecule has 0 aliphatic carbocycles. The van der Waals surface area contributed by atoms with Gasteiger partial charge in [0.15, 0.2) is 0 Å². The smallest absolute Gasteiger partial charge is 0.0828 e. The minimum Gasteiger partial charge on any atom is -0.377 e. The summed E-state index contributed by atoms with van der Waals surface area (Å²) in [7, 11) is 3.87. The molecule has 2 atom stereocenters. The lowest BCUT2D eigenvalue weighted by Gasteiger charge is -2.41. The molecule has 2 nitrogen and oxygen atoms in total. The molecule has 2 unspecified atom stereocenters. The lowest BCUT2D eigenvalue weighted by Crippen LogP contribution is -2.53. The van der Waals surface area contributed by atoms with Crippen molar-refractivity contribution in [3.8, 4) is 0 Å². The summed E-state index contributed by atoms with van der Waals surface area (Å²) in [5.41, 5.74) is 0.00414. The van der Waals surface area contributed by atoms with Gasteiger partial charge >= 0.3 is 0 Å². The highest BCUT2D eigenvalue weighted by Crippen LogP contribution is 2.29. The zero-order valence-electron chi connectivity index (χ0n) is 10.7. The number of rotatable bonds is 7. The first kappa shape index (κ1) is 13.9. The molecule has 0 rings (SSSR count). The zero-order valence-corrected chi connectivity index (χ0v) is 10.7. The van der Waals surface area contributed by atoms with Crippen LogP contribution in [0.15, 0.2) is 0 Å². The summed E-state index contributed by atoms with van der Waals surface area (Å²) >= 11 is 0. The van der Waals surface area contributed by atoms with Crippen molar-refractivity contribution in [1.82, 2.24) is 5.32 Å². The maximum Gasteiger partial charge on any atom is 0.0828 e. The first-order valence-electron chi connectivity index (χ1n) is 5.84. The summed E-state index contributed by atoms with van der Waals surface area (Å²) in [6.45, 7) is 8.94. The van der Waals surface area contributed by atoms with Crippen LogP contribution in [-0.2, 0) is 4.74 Å². The predicted octanol–water partition coefficient (Wildman–Crippen LogP) is 2.83. The third kappa shape index (κ3) is 2.71. The van der Waals surface area contributed by atoms with Gasteiger partial charge in [0.1, 0.15) is 0 Å². The third-order valence-corrected chi connectivity index (χ3v) is 3.69. The molecule has 0 amide bonds. The summed E-state index contributed by atoms with van der Waals surface area (Å²) in [4.78, 5) is 0. The minimum absolute atomic E-state index is 0.00414. The summed E-state index contributed by atoms with van der Waals surface area (Å²) in [6, 6.07) is 0.451. The van der Waals surface area contributed by atoms with Crippen LogP contribution in [0.2, 0.25) is 0 Å². The van der Waals surface area contributed by atoms with Crippen molar-refractivity contribution < 1.29 is 4.74 Å². The topological polar surface area (TPSA) is 21.3 Å². The first-order chi connectivity index (χ1) is 6.61. The van der Waals surface area contributed by atoms with Crippen LogP contribution in [0.5, 0.6) is 0 Å². The van der Waals surface area contributed by atoms with Crippen LogP contribution in [0, 0.1) is 5.92 Å². The number of hydrogen-bond acceptors (Lipinski definition) is 2. The first-order valence-corrected chi connectivity index (χ1v) is 5.84. The normalized spacial score (nSPS) is 16.7. The molecular weight excluding hydrogens is 174 g/mol. The van der Waals surface area contributed by atoms with Gasteiger partial charge in [-0.25, -0.2) is 0 Å². The summed E-state index contributed by atoms with van der Waals surface area (Å²) < 4.78 is 5.75. The Morgan fingerprint density at radius 3 is 1.93 bits per heavy atom. The van der Waals surface area contributed by atoms with E-state index in [-0.39, 0.29) is 5.60 Å². The molecule has 0 heterocycles. The number of hydrogen-bond donors (Lipinski definition) is 1. The number of likely N-dealkylation sites (N-methyl/N-ethyl adjacent to an activating group) is 1. The van der Waals surface area contributed by atoms with Crippen molar-refractivity contribution in [2.75, 3.05) is 14.2 Å². The molecule has 86 valence electrons. The Kier molecular flexibility index (Phi) is 6.38. The number of methoxy groups -OCH3 is 1. The van der Waals surface area contributed by atoms with Gasteiger partial charge in [0, 0.05) is 13.2 Å². The van der Waals surface area contributed by atoms with E-state index in [9.17, 15) is 0 Å². The second-order valence-corrected chi connectivity index (χ2v) is 4.13. The molecule has 14 heavy (non-hydrogen) atoms. The van der Waals surface area contributed by atoms with Crippen LogP contribution >= 0.6 is 0 Å². The Morgan fingerprint density at radius 1 is 1.21 bits per heavy atom. The van der Waals surface area contributed by atoms with Crippen molar-refractivity contribution in [3.63, 3.8) is 0 Å². The molecular formula is C12H27NO. The van der Waals surface area contributed by atoms with Gasteiger partial charge in [-0.1, -0.05) is 34.1 Å². The van der Waals surface area contributed by atoms with Gasteiger partial charge in [-0.3, -0.25) is 0 Å². The standard InChI is InChI=1S/C12H27NO/c1-7-10(4)11(13-5)12(8-2,9-3)14-6/h10-11,13H,7-9H2,1-6H3. The molecule has 1 N–H and O–H groups in total. The van der Waals surface area contributed by atoms with Gasteiger partial charge < -0.3 is 10.1 Å². The molecule has 0 saturated carbocycles. The summed E-state index contributed by atoms with van der Waals surface area (Å²) in [5.74, 6) is 0.653. The quantitative estimate of drug-likeness (QED) is 0.684. The lowest BCUT2D eigenvalue weighted by molar-refractivity contribution is -0.0594. The molecule has 2 heteroatoms. The van der Waals surface area contributed by atoms with E-state index >= 15 is 0 Å². The monoisotopic (exact) mass is 201 g/mol. The van der Waals surface area contributed by atoms with E-state index in [1.165, 1.54) is 6.42 Å². The molecule has 0 aromatic rings. The maximum absolute atomic E-state index is 5.75. The second kappa shape index (κ2) is 6.41. The molecule has 0 spiro atoms. The Morgan fingerprint density at radius 2 is 1.71 bits per heavy atom. The number of nitrogens with one attached hydrogen (secondary N) is 1. The van der Waals surface area contributed by atoms with Crippen LogP contribution in [0.1, 0.15) is 47.0 Å². The fourth-order valence-corrected chi connectivity index (χ4v) is 2.41. The predicted molar refractivity (Wildman–Crippen MR) is 62.6 cm³/mol. The van der Waals surface area contributed by atoms with Gasteiger partial charge in [-0.2, -0.15) is 0 Å². The molecule has 0 bridgehead atoms. The van der Waals surface area contributed by atoms with E-state index in [4.69, 9.17) is 4.74 Å². The van der Waals surface area contributed by atoms with Gasteiger partial charge in [-0.05, 0) is 25.8 Å². The molecule has 0 radical (unpaired) electrons. The summed E-state index contributed by atoms with van der Waals surface area (Å²) in [6.07, 6.45) is 3.32. The largest absolute Gasteiger partial charge is 0.377 e. The van der Waals surface area contributed by atoms with Crippen molar-refractivity contribution in [1.29, 1.82) is 0 Å². The van der Waals surface area contributed by atoms with Gasteiger partial charge in [0.25, 0.3) is 0 Å². The van der Waals surface area contributed by atoms with Crippen LogP contribution in [0.25, 0.3) is 0 Å². The van der Waals surface area contributed by atoms with Crippen LogP contribution in [0.4, 0.5) is 0 Å². The highest BCUT2D eigenvalue weighted by atomic mass is 16.5. The molecule has 0 fully saturated rings. The second-order valence-electron chi connectivity index (χ2n) is 4.13. The van der Waals surface area contributed by atoms with Gasteiger partial charge in [0.05, 0.1) is 5.60 Å². The fraction of sp³-hybridized carbons (Fsp3) is 1.00. The van der Waals surface area contributed by atoms with E-state index in [1.54, 1.807) is 0 Å². The Bertz CT molecular complexity index is 135. The van der Waals surface area contributed by atoms with Gasteiger partial charge in [0.2, 0.25) is 0 Å². The fourth-order valence-electron chi connectivity index (χ4n) is 2.41. The zero-order chi connectivity index (χ0) is 11.2. The van der Waals surface area contributed by atoms with Crippen LogP contribution in [0.3, 0.4) is 0 Å². The van der Waals surface area contributed by atoms with E-state index in [0.717, 1.165) is 12.8 Å². The molecule has 0 aliphatic rings. The van der Waals surface area contributed by atoms with Crippen LogP contribution in [-0.4, -0.2) is 25.8 Å². The molecule has 0 saturated heterocycles. The average Bonchev–Trinajstić information content (AvgIpc) is 2.25. The van der Waals surface area contributed by atoms with E-state index in [2.05, 4.69) is 33.0 Å². The van der Waals surface area contributed by atoms with Gasteiger partial charge in [-0.15, -0.1) is 0 Å². The highest BCUT2D eigenvalue weighted by Gasteiger charge is 2.37. The van der Waals surface area contributed by atoms with E-state index in [0.29, 0.717) is 12.0 Å². The lowest BCUT2D eigenvalue weighted by atomic mass is 9.80. The Balaban J connectivity index is 4.73. The molecule has 0 aromatic heterocycles. The number of ether oxygens (including phenoxy) is 1. The van der Waals surface area contributed by atoms with Crippen molar-refractivity contribution in [2.24, 2.45) is 5.92 Å². The Hall–Kier alpha value is -0.0800. The van der Waals surface area contributed by atoms with Crippen molar-refractivity contribution >= 4 is 0 Å². The summed E-state index contributed by atoms with van der Waals surface area (Å²) in [5, 5.41) is 3.42.